The van der Waals surface area contributed by atoms with Gasteiger partial charge in [-0.15, -0.1) is 0 Å². The molecule has 5 nitrogen and oxygen atoms in total. The zero-order valence-corrected chi connectivity index (χ0v) is 16.8. The Morgan fingerprint density at radius 3 is 2.21 bits per heavy atom. The fraction of sp³-hybridized carbons (Fsp3) is 0.333. The SMILES string of the molecule is CCOC(=O)C1(c2ccc(-c3ccc(-c4onc(C)c4CCO)cc3)cc2)CC1. The minimum atomic E-state index is -0.439. The maximum absolute atomic E-state index is 12.3. The summed E-state index contributed by atoms with van der Waals surface area (Å²) < 4.78 is 10.7. The summed E-state index contributed by atoms with van der Waals surface area (Å²) in [5.41, 5.74) is 5.45. The Labute approximate surface area is 170 Å². The summed E-state index contributed by atoms with van der Waals surface area (Å²) in [7, 11) is 0. The molecule has 29 heavy (non-hydrogen) atoms. The van der Waals surface area contributed by atoms with Gasteiger partial charge in [0.2, 0.25) is 0 Å². The molecule has 1 fully saturated rings. The molecule has 0 atom stereocenters. The molecule has 1 aliphatic rings. The maximum Gasteiger partial charge on any atom is 0.316 e. The van der Waals surface area contributed by atoms with Crippen LogP contribution in [0.15, 0.2) is 53.1 Å². The van der Waals surface area contributed by atoms with Crippen LogP contribution in [0.25, 0.3) is 22.5 Å². The van der Waals surface area contributed by atoms with Gasteiger partial charge in [-0.3, -0.25) is 4.79 Å². The van der Waals surface area contributed by atoms with Gasteiger partial charge in [-0.2, -0.15) is 0 Å². The highest BCUT2D eigenvalue weighted by Gasteiger charge is 2.52. The predicted octanol–water partition coefficient (Wildman–Crippen LogP) is 4.45. The van der Waals surface area contributed by atoms with Crippen molar-refractivity contribution in [2.75, 3.05) is 13.2 Å². The second-order valence-corrected chi connectivity index (χ2v) is 7.51. The summed E-state index contributed by atoms with van der Waals surface area (Å²) in [6, 6.07) is 16.3. The van der Waals surface area contributed by atoms with E-state index in [-0.39, 0.29) is 12.6 Å². The van der Waals surface area contributed by atoms with Crippen LogP contribution in [-0.2, 0) is 21.4 Å². The van der Waals surface area contributed by atoms with E-state index >= 15 is 0 Å². The standard InChI is InChI=1S/C24H25NO4/c1-3-28-23(27)24(13-14-24)20-10-8-18(9-11-20)17-4-6-19(7-5-17)22-21(12-15-26)16(2)25-29-22/h4-11,26H,3,12-15H2,1-2H3. The van der Waals surface area contributed by atoms with Crippen molar-refractivity contribution in [2.24, 2.45) is 0 Å². The largest absolute Gasteiger partial charge is 0.465 e. The average Bonchev–Trinajstić information content (AvgIpc) is 3.49. The van der Waals surface area contributed by atoms with Crippen LogP contribution < -0.4 is 0 Å². The average molecular weight is 391 g/mol. The number of carbonyl (C=O) groups excluding carboxylic acids is 1. The third-order valence-electron chi connectivity index (χ3n) is 5.68. The highest BCUT2D eigenvalue weighted by atomic mass is 16.5. The molecular formula is C24H25NO4. The molecule has 150 valence electrons. The van der Waals surface area contributed by atoms with Gasteiger partial charge >= 0.3 is 5.97 Å². The normalized spacial score (nSPS) is 14.6. The molecule has 0 unspecified atom stereocenters. The van der Waals surface area contributed by atoms with Crippen LogP contribution in [0.5, 0.6) is 0 Å². The summed E-state index contributed by atoms with van der Waals surface area (Å²) in [6.07, 6.45) is 2.23. The van der Waals surface area contributed by atoms with E-state index in [9.17, 15) is 9.90 Å². The monoisotopic (exact) mass is 391 g/mol. The quantitative estimate of drug-likeness (QED) is 0.603. The summed E-state index contributed by atoms with van der Waals surface area (Å²) in [5.74, 6) is 0.599. The number of nitrogens with zero attached hydrogens (tertiary/aromatic N) is 1. The van der Waals surface area contributed by atoms with Crippen LogP contribution in [0, 0.1) is 6.92 Å². The summed E-state index contributed by atoms with van der Waals surface area (Å²) in [5, 5.41) is 13.3. The van der Waals surface area contributed by atoms with Crippen molar-refractivity contribution in [1.82, 2.24) is 5.16 Å². The third kappa shape index (κ3) is 3.58. The number of aryl methyl sites for hydroxylation is 1. The van der Waals surface area contributed by atoms with Gasteiger partial charge in [0.05, 0.1) is 17.7 Å². The van der Waals surface area contributed by atoms with Crippen LogP contribution in [-0.4, -0.2) is 29.4 Å². The molecule has 4 rings (SSSR count). The highest BCUT2D eigenvalue weighted by Crippen LogP contribution is 2.49. The number of ether oxygens (including phenoxy) is 1. The number of aliphatic hydroxyl groups is 1. The highest BCUT2D eigenvalue weighted by molar-refractivity contribution is 5.87. The van der Waals surface area contributed by atoms with Crippen LogP contribution in [0.3, 0.4) is 0 Å². The second kappa shape index (κ2) is 7.84. The van der Waals surface area contributed by atoms with E-state index in [0.29, 0.717) is 18.8 Å². The number of hydrogen-bond donors (Lipinski definition) is 1. The molecule has 0 radical (unpaired) electrons. The molecule has 0 saturated heterocycles. The van der Waals surface area contributed by atoms with Crippen LogP contribution in [0.1, 0.15) is 36.6 Å². The number of benzene rings is 2. The lowest BCUT2D eigenvalue weighted by molar-refractivity contribution is -0.146. The van der Waals surface area contributed by atoms with Gasteiger partial charge < -0.3 is 14.4 Å². The Balaban J connectivity index is 1.55. The van der Waals surface area contributed by atoms with Crippen LogP contribution in [0.4, 0.5) is 0 Å². The Hall–Kier alpha value is -2.92. The minimum absolute atomic E-state index is 0.0623. The zero-order chi connectivity index (χ0) is 20.4. The molecule has 1 N–H and O–H groups in total. The van der Waals surface area contributed by atoms with E-state index in [0.717, 1.165) is 46.4 Å². The van der Waals surface area contributed by atoms with E-state index in [4.69, 9.17) is 9.26 Å². The van der Waals surface area contributed by atoms with Gasteiger partial charge in [0, 0.05) is 24.2 Å². The number of rotatable bonds is 7. The predicted molar refractivity (Wildman–Crippen MR) is 110 cm³/mol. The smallest absolute Gasteiger partial charge is 0.316 e. The molecule has 0 bridgehead atoms. The first-order valence-corrected chi connectivity index (χ1v) is 10.0. The van der Waals surface area contributed by atoms with Gasteiger partial charge in [-0.05, 0) is 43.4 Å². The number of aromatic nitrogens is 1. The molecule has 0 amide bonds. The minimum Gasteiger partial charge on any atom is -0.465 e. The van der Waals surface area contributed by atoms with Crippen molar-refractivity contribution in [2.45, 2.75) is 38.5 Å². The number of carbonyl (C=O) groups is 1. The van der Waals surface area contributed by atoms with E-state index in [1.165, 1.54) is 0 Å². The molecule has 0 spiro atoms. The van der Waals surface area contributed by atoms with Gasteiger partial charge in [0.1, 0.15) is 0 Å². The van der Waals surface area contributed by atoms with Gasteiger partial charge in [-0.25, -0.2) is 0 Å². The van der Waals surface area contributed by atoms with Crippen molar-refractivity contribution < 1.29 is 19.2 Å². The molecule has 1 heterocycles. The Morgan fingerprint density at radius 1 is 1.07 bits per heavy atom. The van der Waals surface area contributed by atoms with Crippen LogP contribution >= 0.6 is 0 Å². The first-order chi connectivity index (χ1) is 14.1. The summed E-state index contributed by atoms with van der Waals surface area (Å²) in [4.78, 5) is 12.3. The lowest BCUT2D eigenvalue weighted by atomic mass is 9.93. The third-order valence-corrected chi connectivity index (χ3v) is 5.68. The Morgan fingerprint density at radius 2 is 1.66 bits per heavy atom. The lowest BCUT2D eigenvalue weighted by Gasteiger charge is -2.14. The summed E-state index contributed by atoms with van der Waals surface area (Å²) >= 11 is 0. The first kappa shape index (κ1) is 19.4. The molecule has 0 aliphatic heterocycles. The van der Waals surface area contributed by atoms with Crippen molar-refractivity contribution in [3.63, 3.8) is 0 Å². The summed E-state index contributed by atoms with van der Waals surface area (Å²) in [6.45, 7) is 4.20. The number of esters is 1. The van der Waals surface area contributed by atoms with Crippen molar-refractivity contribution in [3.8, 4) is 22.5 Å². The lowest BCUT2D eigenvalue weighted by Crippen LogP contribution is -2.23. The Bertz CT molecular complexity index is 998. The van der Waals surface area contributed by atoms with Gasteiger partial charge in [0.25, 0.3) is 0 Å². The molecular weight excluding hydrogens is 366 g/mol. The molecule has 3 aromatic rings. The first-order valence-electron chi connectivity index (χ1n) is 10.0. The maximum atomic E-state index is 12.3. The van der Waals surface area contributed by atoms with Crippen molar-refractivity contribution in [3.05, 3.63) is 65.4 Å². The van der Waals surface area contributed by atoms with E-state index < -0.39 is 5.41 Å². The second-order valence-electron chi connectivity index (χ2n) is 7.51. The van der Waals surface area contributed by atoms with Gasteiger partial charge in [0.15, 0.2) is 5.76 Å². The molecule has 1 aromatic heterocycles. The topological polar surface area (TPSA) is 72.6 Å². The molecule has 1 aliphatic carbocycles. The zero-order valence-electron chi connectivity index (χ0n) is 16.8. The fourth-order valence-corrected chi connectivity index (χ4v) is 3.82. The molecule has 2 aromatic carbocycles. The number of aliphatic hydroxyl groups excluding tert-OH is 1. The number of hydrogen-bond acceptors (Lipinski definition) is 5. The molecule has 1 saturated carbocycles. The van der Waals surface area contributed by atoms with Gasteiger partial charge in [-0.1, -0.05) is 53.7 Å². The van der Waals surface area contributed by atoms with E-state index in [1.54, 1.807) is 0 Å². The van der Waals surface area contributed by atoms with E-state index in [2.05, 4.69) is 17.3 Å². The van der Waals surface area contributed by atoms with Crippen molar-refractivity contribution in [1.29, 1.82) is 0 Å². The molecule has 5 heteroatoms. The van der Waals surface area contributed by atoms with Crippen LogP contribution in [0.2, 0.25) is 0 Å². The van der Waals surface area contributed by atoms with Crippen molar-refractivity contribution >= 4 is 5.97 Å². The fourth-order valence-electron chi connectivity index (χ4n) is 3.82. The van der Waals surface area contributed by atoms with E-state index in [1.807, 2.05) is 50.2 Å². The Kier molecular flexibility index (Phi) is 5.24.